The monoisotopic (exact) mass is 468 g/mol. The molecule has 1 aliphatic carbocycles. The molecule has 0 radical (unpaired) electrons. The minimum Gasteiger partial charge on any atom is -0.426 e. The molecule has 0 N–H and O–H groups in total. The molecule has 0 spiro atoms. The minimum atomic E-state index is -4.29. The second-order valence-corrected chi connectivity index (χ2v) is 7.99. The van der Waals surface area contributed by atoms with Gasteiger partial charge in [-0.2, -0.15) is 8.78 Å². The van der Waals surface area contributed by atoms with Crippen LogP contribution in [0.15, 0.2) is 42.5 Å². The maximum Gasteiger partial charge on any atom is 0.429 e. The van der Waals surface area contributed by atoms with Crippen LogP contribution in [0.3, 0.4) is 0 Å². The summed E-state index contributed by atoms with van der Waals surface area (Å²) in [4.78, 5) is 0. The fourth-order valence-electron chi connectivity index (χ4n) is 4.10. The molecule has 0 saturated carbocycles. The quantitative estimate of drug-likeness (QED) is 0.343. The first-order chi connectivity index (χ1) is 15.6. The zero-order chi connectivity index (χ0) is 24.1. The van der Waals surface area contributed by atoms with Crippen molar-refractivity contribution < 1.29 is 35.5 Å². The van der Waals surface area contributed by atoms with Crippen molar-refractivity contribution in [1.82, 2.24) is 0 Å². The van der Waals surface area contributed by atoms with Crippen LogP contribution in [0.5, 0.6) is 5.75 Å². The van der Waals surface area contributed by atoms with Crippen LogP contribution in [0.25, 0.3) is 11.1 Å². The SMILES string of the molecule is CCCc1ccc2c(c1F)C(F)C(F)c1c-2ccc(OC(F)(F)c2ccc(C)cc2F)c1F. The molecule has 0 aliphatic heterocycles. The summed E-state index contributed by atoms with van der Waals surface area (Å²) >= 11 is 0. The predicted molar refractivity (Wildman–Crippen MR) is 109 cm³/mol. The van der Waals surface area contributed by atoms with Crippen molar-refractivity contribution in [2.75, 3.05) is 0 Å². The van der Waals surface area contributed by atoms with E-state index in [0.29, 0.717) is 18.4 Å². The molecule has 3 aromatic carbocycles. The summed E-state index contributed by atoms with van der Waals surface area (Å²) in [5.74, 6) is -4.81. The van der Waals surface area contributed by atoms with E-state index in [1.807, 2.05) is 0 Å². The van der Waals surface area contributed by atoms with Crippen LogP contribution < -0.4 is 4.74 Å². The summed E-state index contributed by atoms with van der Waals surface area (Å²) in [6.07, 6.45) is -8.59. The van der Waals surface area contributed by atoms with Crippen molar-refractivity contribution in [2.45, 2.75) is 45.1 Å². The van der Waals surface area contributed by atoms with Gasteiger partial charge in [0.25, 0.3) is 0 Å². The average Bonchev–Trinajstić information content (AvgIpc) is 2.74. The molecule has 1 aliphatic rings. The van der Waals surface area contributed by atoms with Gasteiger partial charge in [0.05, 0.1) is 5.56 Å². The van der Waals surface area contributed by atoms with E-state index in [1.54, 1.807) is 6.92 Å². The van der Waals surface area contributed by atoms with Gasteiger partial charge in [0.15, 0.2) is 23.9 Å². The van der Waals surface area contributed by atoms with Crippen LogP contribution in [0.4, 0.5) is 30.7 Å². The molecule has 3 aromatic rings. The Morgan fingerprint density at radius 2 is 1.45 bits per heavy atom. The van der Waals surface area contributed by atoms with E-state index in [0.717, 1.165) is 24.3 Å². The topological polar surface area (TPSA) is 9.23 Å². The Bertz CT molecular complexity index is 1220. The second-order valence-electron chi connectivity index (χ2n) is 7.99. The number of rotatable bonds is 5. The fourth-order valence-corrected chi connectivity index (χ4v) is 4.10. The average molecular weight is 468 g/mol. The third-order valence-corrected chi connectivity index (χ3v) is 5.70. The zero-order valence-corrected chi connectivity index (χ0v) is 17.7. The smallest absolute Gasteiger partial charge is 0.426 e. The van der Waals surface area contributed by atoms with E-state index in [2.05, 4.69) is 4.74 Å². The van der Waals surface area contributed by atoms with Gasteiger partial charge in [-0.15, -0.1) is 0 Å². The Morgan fingerprint density at radius 3 is 2.06 bits per heavy atom. The molecule has 33 heavy (non-hydrogen) atoms. The Labute approximate surface area is 185 Å². The Morgan fingerprint density at radius 1 is 0.848 bits per heavy atom. The van der Waals surface area contributed by atoms with E-state index in [-0.39, 0.29) is 16.7 Å². The molecule has 4 rings (SSSR count). The molecule has 174 valence electrons. The van der Waals surface area contributed by atoms with Crippen LogP contribution in [0, 0.1) is 24.4 Å². The van der Waals surface area contributed by atoms with Gasteiger partial charge in [0, 0.05) is 11.1 Å². The Balaban J connectivity index is 1.79. The van der Waals surface area contributed by atoms with Gasteiger partial charge in [-0.3, -0.25) is 0 Å². The number of alkyl halides is 4. The van der Waals surface area contributed by atoms with Crippen molar-refractivity contribution in [3.05, 3.63) is 87.7 Å². The lowest BCUT2D eigenvalue weighted by Gasteiger charge is -2.29. The first-order valence-electron chi connectivity index (χ1n) is 10.3. The van der Waals surface area contributed by atoms with Gasteiger partial charge >= 0.3 is 6.11 Å². The van der Waals surface area contributed by atoms with Crippen LogP contribution in [-0.4, -0.2) is 0 Å². The van der Waals surface area contributed by atoms with Crippen molar-refractivity contribution in [1.29, 1.82) is 0 Å². The molecule has 0 amide bonds. The molecule has 0 saturated heterocycles. The molecule has 8 heteroatoms. The Hall–Kier alpha value is -3.03. The molecule has 2 atom stereocenters. The molecule has 1 nitrogen and oxygen atoms in total. The Kier molecular flexibility index (Phi) is 5.88. The van der Waals surface area contributed by atoms with Crippen LogP contribution in [0.1, 0.15) is 53.5 Å². The summed E-state index contributed by atoms with van der Waals surface area (Å²) in [7, 11) is 0. The van der Waals surface area contributed by atoms with Gasteiger partial charge in [0.1, 0.15) is 11.6 Å². The normalized spacial score (nSPS) is 17.5. The number of halogens is 7. The van der Waals surface area contributed by atoms with Gasteiger partial charge in [0.2, 0.25) is 0 Å². The van der Waals surface area contributed by atoms with E-state index in [1.165, 1.54) is 25.1 Å². The van der Waals surface area contributed by atoms with Crippen LogP contribution in [-0.2, 0) is 12.5 Å². The number of hydrogen-bond donors (Lipinski definition) is 0. The largest absolute Gasteiger partial charge is 0.429 e. The highest BCUT2D eigenvalue weighted by molar-refractivity contribution is 5.76. The van der Waals surface area contributed by atoms with E-state index in [9.17, 15) is 26.3 Å². The van der Waals surface area contributed by atoms with E-state index < -0.39 is 58.3 Å². The number of ether oxygens (including phenoxy) is 1. The van der Waals surface area contributed by atoms with E-state index in [4.69, 9.17) is 0 Å². The minimum absolute atomic E-state index is 0.0643. The first kappa shape index (κ1) is 23.1. The third-order valence-electron chi connectivity index (χ3n) is 5.70. The van der Waals surface area contributed by atoms with Gasteiger partial charge in [-0.25, -0.2) is 22.0 Å². The fraction of sp³-hybridized carbons (Fsp3) is 0.280. The maximum absolute atomic E-state index is 15.1. The predicted octanol–water partition coefficient (Wildman–Crippen LogP) is 8.19. The van der Waals surface area contributed by atoms with Gasteiger partial charge in [-0.05, 0) is 53.8 Å². The number of hydrogen-bond acceptors (Lipinski definition) is 1. The molecule has 0 heterocycles. The molecule has 0 aromatic heterocycles. The molecule has 2 unspecified atom stereocenters. The van der Waals surface area contributed by atoms with Crippen molar-refractivity contribution in [3.63, 3.8) is 0 Å². The van der Waals surface area contributed by atoms with Crippen molar-refractivity contribution in [2.24, 2.45) is 0 Å². The highest BCUT2D eigenvalue weighted by atomic mass is 19.3. The van der Waals surface area contributed by atoms with Gasteiger partial charge in [-0.1, -0.05) is 37.6 Å². The van der Waals surface area contributed by atoms with E-state index >= 15 is 4.39 Å². The van der Waals surface area contributed by atoms with Crippen LogP contribution >= 0.6 is 0 Å². The summed E-state index contributed by atoms with van der Waals surface area (Å²) in [6, 6.07) is 7.51. The number of benzene rings is 3. The summed E-state index contributed by atoms with van der Waals surface area (Å²) in [6.45, 7) is 3.30. The molecular weight excluding hydrogens is 449 g/mol. The lowest BCUT2D eigenvalue weighted by atomic mass is 9.81. The first-order valence-corrected chi connectivity index (χ1v) is 10.3. The highest BCUT2D eigenvalue weighted by Crippen LogP contribution is 2.52. The maximum atomic E-state index is 15.1. The lowest BCUT2D eigenvalue weighted by molar-refractivity contribution is -0.189. The summed E-state index contributed by atoms with van der Waals surface area (Å²) < 4.78 is 108. The number of aryl methyl sites for hydroxylation is 2. The summed E-state index contributed by atoms with van der Waals surface area (Å²) in [5.41, 5.74) is -2.16. The molecule has 0 bridgehead atoms. The van der Waals surface area contributed by atoms with Crippen LogP contribution in [0.2, 0.25) is 0 Å². The lowest BCUT2D eigenvalue weighted by Crippen LogP contribution is -2.25. The van der Waals surface area contributed by atoms with Crippen molar-refractivity contribution in [3.8, 4) is 16.9 Å². The van der Waals surface area contributed by atoms with Gasteiger partial charge < -0.3 is 4.74 Å². The highest BCUT2D eigenvalue weighted by Gasteiger charge is 2.42. The second kappa shape index (κ2) is 8.39. The van der Waals surface area contributed by atoms with Crippen molar-refractivity contribution >= 4 is 0 Å². The molecular formula is C25H19F7O. The zero-order valence-electron chi connectivity index (χ0n) is 17.7. The standard InChI is InChI=1S/C25H19F7O/c1-3-4-13-6-7-14-15-8-10-18(22(28)20(15)24(30)23(29)19(14)21(13)27)33-25(31,32)16-9-5-12(2)11-17(16)26/h5-11,23-24H,3-4H2,1-2H3. The summed E-state index contributed by atoms with van der Waals surface area (Å²) in [5, 5.41) is 0. The molecule has 0 fully saturated rings. The third kappa shape index (κ3) is 3.85. The number of fused-ring (bicyclic) bond motifs is 3.